The molecule has 1 fully saturated rings. The third kappa shape index (κ3) is 3.74. The molecule has 0 saturated carbocycles. The Morgan fingerprint density at radius 3 is 2.54 bits per heavy atom. The fourth-order valence-corrected chi connectivity index (χ4v) is 4.47. The molecule has 2 heterocycles. The molecule has 8 heteroatoms. The van der Waals surface area contributed by atoms with Crippen LogP contribution in [0.25, 0.3) is 0 Å². The fraction of sp³-hybridized carbons (Fsp3) is 0.444. The van der Waals surface area contributed by atoms with Gasteiger partial charge >= 0.3 is 0 Å². The van der Waals surface area contributed by atoms with Crippen molar-refractivity contribution in [1.29, 1.82) is 5.26 Å². The average molecular weight is 375 g/mol. The van der Waals surface area contributed by atoms with Crippen LogP contribution in [0.5, 0.6) is 0 Å². The number of ether oxygens (including phenoxy) is 1. The molecular weight excluding hydrogens is 354 g/mol. The summed E-state index contributed by atoms with van der Waals surface area (Å²) in [6.45, 7) is 3.53. The molecule has 0 unspecified atom stereocenters. The number of hydrogen-bond donors (Lipinski definition) is 1. The molecule has 138 valence electrons. The predicted octanol–water partition coefficient (Wildman–Crippen LogP) is 1.99. The molecule has 0 bridgehead atoms. The molecule has 0 aliphatic carbocycles. The zero-order chi connectivity index (χ0) is 18.7. The molecule has 2 aliphatic heterocycles. The molecule has 7 nitrogen and oxygen atoms in total. The lowest BCUT2D eigenvalue weighted by Gasteiger charge is -2.29. The third-order valence-corrected chi connectivity index (χ3v) is 6.64. The Balaban J connectivity index is 1.72. The minimum atomic E-state index is -3.54. The van der Waals surface area contributed by atoms with Crippen molar-refractivity contribution in [2.45, 2.75) is 31.1 Å². The minimum Gasteiger partial charge on any atom is -0.478 e. The van der Waals surface area contributed by atoms with E-state index in [1.165, 1.54) is 28.6 Å². The van der Waals surface area contributed by atoms with Gasteiger partial charge in [-0.2, -0.15) is 9.57 Å². The third-order valence-electron chi connectivity index (χ3n) is 4.73. The summed E-state index contributed by atoms with van der Waals surface area (Å²) in [6, 6.07) is 7.82. The molecule has 0 spiro atoms. The van der Waals surface area contributed by atoms with Gasteiger partial charge < -0.3 is 4.74 Å². The number of rotatable bonds is 4. The van der Waals surface area contributed by atoms with Gasteiger partial charge in [-0.15, -0.1) is 0 Å². The monoisotopic (exact) mass is 375 g/mol. The maximum absolute atomic E-state index is 12.7. The molecule has 2 aliphatic rings. The molecule has 0 atom stereocenters. The number of carbonyl (C=O) groups is 1. The smallest absolute Gasteiger partial charge is 0.257 e. The quantitative estimate of drug-likeness (QED) is 0.868. The zero-order valence-electron chi connectivity index (χ0n) is 14.6. The fourth-order valence-electron chi connectivity index (χ4n) is 3.00. The van der Waals surface area contributed by atoms with E-state index in [-0.39, 0.29) is 10.8 Å². The lowest BCUT2D eigenvalue weighted by molar-refractivity contribution is 0.0930. The zero-order valence-corrected chi connectivity index (χ0v) is 15.4. The van der Waals surface area contributed by atoms with E-state index in [4.69, 9.17) is 10.00 Å². The first kappa shape index (κ1) is 18.4. The summed E-state index contributed by atoms with van der Waals surface area (Å²) in [4.78, 5) is 12.4. The number of nitriles is 1. The molecule has 0 radical (unpaired) electrons. The SMILES string of the molecule is CC1CCN(S(=O)(=O)c2ccc(C(=O)NC3=C(C#N)CCO3)cc2)CC1. The molecule has 1 N–H and O–H groups in total. The number of benzene rings is 1. The maximum Gasteiger partial charge on any atom is 0.257 e. The van der Waals surface area contributed by atoms with Crippen LogP contribution in [0.15, 0.2) is 40.6 Å². The summed E-state index contributed by atoms with van der Waals surface area (Å²) in [7, 11) is -3.54. The summed E-state index contributed by atoms with van der Waals surface area (Å²) in [5.41, 5.74) is 0.702. The average Bonchev–Trinajstić information content (AvgIpc) is 3.09. The Morgan fingerprint density at radius 1 is 1.27 bits per heavy atom. The van der Waals surface area contributed by atoms with Crippen molar-refractivity contribution >= 4 is 15.9 Å². The maximum atomic E-state index is 12.7. The molecule has 3 rings (SSSR count). The van der Waals surface area contributed by atoms with Crippen molar-refractivity contribution in [2.75, 3.05) is 19.7 Å². The summed E-state index contributed by atoms with van der Waals surface area (Å²) < 4.78 is 32.1. The highest BCUT2D eigenvalue weighted by molar-refractivity contribution is 7.89. The van der Waals surface area contributed by atoms with E-state index in [1.54, 1.807) is 0 Å². The predicted molar refractivity (Wildman–Crippen MR) is 94.3 cm³/mol. The van der Waals surface area contributed by atoms with Gasteiger partial charge in [0.15, 0.2) is 0 Å². The second-order valence-electron chi connectivity index (χ2n) is 6.58. The van der Waals surface area contributed by atoms with E-state index in [0.717, 1.165) is 12.8 Å². The number of piperidine rings is 1. The Bertz CT molecular complexity index is 861. The Kier molecular flexibility index (Phi) is 5.30. The van der Waals surface area contributed by atoms with Gasteiger partial charge in [0, 0.05) is 25.1 Å². The van der Waals surface area contributed by atoms with Gasteiger partial charge in [-0.25, -0.2) is 8.42 Å². The van der Waals surface area contributed by atoms with Crippen LogP contribution in [0.4, 0.5) is 0 Å². The summed E-state index contributed by atoms with van der Waals surface area (Å²) >= 11 is 0. The first-order valence-electron chi connectivity index (χ1n) is 8.59. The van der Waals surface area contributed by atoms with Crippen LogP contribution in [-0.2, 0) is 14.8 Å². The van der Waals surface area contributed by atoms with Gasteiger partial charge in [0.25, 0.3) is 5.91 Å². The van der Waals surface area contributed by atoms with Gasteiger partial charge in [0.2, 0.25) is 15.9 Å². The van der Waals surface area contributed by atoms with E-state index >= 15 is 0 Å². The first-order chi connectivity index (χ1) is 12.4. The van der Waals surface area contributed by atoms with Gasteiger partial charge in [-0.1, -0.05) is 6.92 Å². The van der Waals surface area contributed by atoms with Gasteiger partial charge in [-0.3, -0.25) is 10.1 Å². The number of nitrogens with zero attached hydrogens (tertiary/aromatic N) is 2. The lowest BCUT2D eigenvalue weighted by atomic mass is 10.0. The van der Waals surface area contributed by atoms with E-state index < -0.39 is 15.9 Å². The Morgan fingerprint density at radius 2 is 1.92 bits per heavy atom. The van der Waals surface area contributed by atoms with Crippen molar-refractivity contribution in [3.63, 3.8) is 0 Å². The van der Waals surface area contributed by atoms with E-state index in [2.05, 4.69) is 12.2 Å². The van der Waals surface area contributed by atoms with Crippen LogP contribution >= 0.6 is 0 Å². The second-order valence-corrected chi connectivity index (χ2v) is 8.52. The highest BCUT2D eigenvalue weighted by Gasteiger charge is 2.28. The number of hydrogen-bond acceptors (Lipinski definition) is 5. The largest absolute Gasteiger partial charge is 0.478 e. The van der Waals surface area contributed by atoms with Crippen molar-refractivity contribution in [3.05, 3.63) is 41.3 Å². The topological polar surface area (TPSA) is 99.5 Å². The standard InChI is InChI=1S/C18H21N3O4S/c1-13-6-9-21(10-7-13)26(23,24)16-4-2-14(3-5-16)17(22)20-18-15(12-19)8-11-25-18/h2-5,13H,6-11H2,1H3,(H,20,22). The van der Waals surface area contributed by atoms with E-state index in [1.807, 2.05) is 6.07 Å². The second kappa shape index (κ2) is 7.48. The van der Waals surface area contributed by atoms with Crippen LogP contribution < -0.4 is 5.32 Å². The van der Waals surface area contributed by atoms with E-state index in [0.29, 0.717) is 43.2 Å². The van der Waals surface area contributed by atoms with Crippen LogP contribution in [-0.4, -0.2) is 38.3 Å². The minimum absolute atomic E-state index is 0.177. The van der Waals surface area contributed by atoms with Crippen molar-refractivity contribution in [3.8, 4) is 6.07 Å². The molecule has 0 aromatic heterocycles. The summed E-state index contributed by atoms with van der Waals surface area (Å²) in [5, 5.41) is 11.5. The van der Waals surface area contributed by atoms with Gasteiger partial charge in [0.05, 0.1) is 17.1 Å². The highest BCUT2D eigenvalue weighted by atomic mass is 32.2. The molecule has 26 heavy (non-hydrogen) atoms. The highest BCUT2D eigenvalue weighted by Crippen LogP contribution is 2.24. The molecular formula is C18H21N3O4S. The lowest BCUT2D eigenvalue weighted by Crippen LogP contribution is -2.37. The van der Waals surface area contributed by atoms with Gasteiger partial charge in [0.1, 0.15) is 6.07 Å². The van der Waals surface area contributed by atoms with Crippen LogP contribution in [0.2, 0.25) is 0 Å². The number of amides is 1. The summed E-state index contributed by atoms with van der Waals surface area (Å²) in [6.07, 6.45) is 2.18. The van der Waals surface area contributed by atoms with Crippen LogP contribution in [0, 0.1) is 17.2 Å². The van der Waals surface area contributed by atoms with Crippen LogP contribution in [0.3, 0.4) is 0 Å². The normalized spacial score (nSPS) is 19.1. The molecule has 1 saturated heterocycles. The van der Waals surface area contributed by atoms with Crippen molar-refractivity contribution < 1.29 is 17.9 Å². The number of sulfonamides is 1. The van der Waals surface area contributed by atoms with E-state index in [9.17, 15) is 13.2 Å². The van der Waals surface area contributed by atoms with Crippen LogP contribution in [0.1, 0.15) is 36.5 Å². The van der Waals surface area contributed by atoms with Crippen molar-refractivity contribution in [1.82, 2.24) is 9.62 Å². The number of nitrogens with one attached hydrogen (secondary N) is 1. The molecule has 1 aromatic carbocycles. The Hall–Kier alpha value is -2.37. The summed E-state index contributed by atoms with van der Waals surface area (Å²) in [5.74, 6) is 0.278. The molecule has 1 aromatic rings. The first-order valence-corrected chi connectivity index (χ1v) is 10.0. The van der Waals surface area contributed by atoms with Gasteiger partial charge in [-0.05, 0) is 43.0 Å². The number of carbonyl (C=O) groups excluding carboxylic acids is 1. The van der Waals surface area contributed by atoms with Crippen molar-refractivity contribution in [2.24, 2.45) is 5.92 Å². The molecule has 1 amide bonds. The Labute approximate surface area is 153 Å².